The summed E-state index contributed by atoms with van der Waals surface area (Å²) in [6.45, 7) is 21.9. The van der Waals surface area contributed by atoms with Crippen molar-refractivity contribution in [3.05, 3.63) is 83.9 Å². The Morgan fingerprint density at radius 3 is 1.36 bits per heavy atom. The van der Waals surface area contributed by atoms with Crippen molar-refractivity contribution < 1.29 is 9.31 Å². The maximum absolute atomic E-state index is 6.49. The third-order valence-corrected chi connectivity index (χ3v) is 7.67. The summed E-state index contributed by atoms with van der Waals surface area (Å²) in [5.41, 5.74) is 6.31. The topological polar surface area (TPSA) is 21.7 Å². The second-order valence-electron chi connectivity index (χ2n) is 13.1. The third-order valence-electron chi connectivity index (χ3n) is 7.67. The number of nitrogens with zero attached hydrogens (tertiary/aromatic N) is 1. The van der Waals surface area contributed by atoms with Crippen LogP contribution in [0.25, 0.3) is 0 Å². The van der Waals surface area contributed by atoms with Crippen molar-refractivity contribution in [1.29, 1.82) is 0 Å². The molecule has 0 spiro atoms. The van der Waals surface area contributed by atoms with Crippen molar-refractivity contribution in [2.75, 3.05) is 4.90 Å². The Labute approximate surface area is 219 Å². The van der Waals surface area contributed by atoms with Crippen LogP contribution in [0.15, 0.2) is 72.8 Å². The minimum atomic E-state index is -0.448. The molecule has 36 heavy (non-hydrogen) atoms. The van der Waals surface area contributed by atoms with Gasteiger partial charge in [-0.15, -0.1) is 0 Å². The molecule has 3 nitrogen and oxygen atoms in total. The molecule has 0 N–H and O–H groups in total. The summed E-state index contributed by atoms with van der Waals surface area (Å²) in [5, 5.41) is 0. The lowest BCUT2D eigenvalue weighted by molar-refractivity contribution is 0.00578. The number of anilines is 3. The smallest absolute Gasteiger partial charge is 0.399 e. The minimum absolute atomic E-state index is 0.0956. The quantitative estimate of drug-likeness (QED) is 0.351. The zero-order chi connectivity index (χ0) is 26.5. The van der Waals surface area contributed by atoms with E-state index in [1.165, 1.54) is 11.1 Å². The predicted octanol–water partition coefficient (Wildman–Crippen LogP) is 8.05. The van der Waals surface area contributed by atoms with Gasteiger partial charge in [-0.05, 0) is 80.0 Å². The van der Waals surface area contributed by atoms with Gasteiger partial charge in [0.1, 0.15) is 0 Å². The highest BCUT2D eigenvalue weighted by Crippen LogP contribution is 2.40. The lowest BCUT2D eigenvalue weighted by Crippen LogP contribution is -2.41. The van der Waals surface area contributed by atoms with E-state index in [0.717, 1.165) is 22.5 Å². The van der Waals surface area contributed by atoms with Crippen molar-refractivity contribution in [2.45, 2.75) is 91.3 Å². The van der Waals surface area contributed by atoms with Crippen molar-refractivity contribution in [3.8, 4) is 0 Å². The van der Waals surface area contributed by atoms with Crippen molar-refractivity contribution in [3.63, 3.8) is 0 Å². The van der Waals surface area contributed by atoms with Gasteiger partial charge in [-0.25, -0.2) is 0 Å². The predicted molar refractivity (Wildman–Crippen MR) is 154 cm³/mol. The number of rotatable bonds is 4. The van der Waals surface area contributed by atoms with Gasteiger partial charge in [0.05, 0.1) is 11.2 Å². The summed E-state index contributed by atoms with van der Waals surface area (Å²) < 4.78 is 13.0. The molecule has 0 atom stereocenters. The Hall–Kier alpha value is -2.56. The van der Waals surface area contributed by atoms with Crippen LogP contribution in [-0.2, 0) is 20.1 Å². The molecule has 0 amide bonds. The molecular weight excluding hydrogens is 441 g/mol. The highest BCUT2D eigenvalue weighted by atomic mass is 16.7. The first kappa shape index (κ1) is 26.5. The first-order chi connectivity index (χ1) is 16.6. The molecule has 0 radical (unpaired) electrons. The van der Waals surface area contributed by atoms with Gasteiger partial charge >= 0.3 is 7.12 Å². The van der Waals surface area contributed by atoms with E-state index in [2.05, 4.69) is 147 Å². The van der Waals surface area contributed by atoms with Crippen molar-refractivity contribution in [2.24, 2.45) is 0 Å². The molecule has 1 heterocycles. The van der Waals surface area contributed by atoms with Gasteiger partial charge in [0.15, 0.2) is 0 Å². The highest BCUT2D eigenvalue weighted by molar-refractivity contribution is 6.64. The molecule has 0 saturated carbocycles. The first-order valence-corrected chi connectivity index (χ1v) is 13.1. The number of benzene rings is 3. The van der Waals surface area contributed by atoms with Crippen LogP contribution in [0.5, 0.6) is 0 Å². The largest absolute Gasteiger partial charge is 0.496 e. The maximum Gasteiger partial charge on any atom is 0.496 e. The lowest BCUT2D eigenvalue weighted by Gasteiger charge is -2.32. The number of hydrogen-bond donors (Lipinski definition) is 0. The average molecular weight is 484 g/mol. The first-order valence-electron chi connectivity index (χ1n) is 13.1. The summed E-state index contributed by atoms with van der Waals surface area (Å²) in [6, 6.07) is 26.3. The van der Waals surface area contributed by atoms with Gasteiger partial charge in [0.25, 0.3) is 0 Å². The number of para-hydroxylation sites is 1. The Balaban J connectivity index is 1.85. The number of hydrogen-bond acceptors (Lipinski definition) is 3. The van der Waals surface area contributed by atoms with E-state index < -0.39 is 18.3 Å². The molecule has 0 bridgehead atoms. The molecule has 1 saturated heterocycles. The molecule has 1 aliphatic heterocycles. The average Bonchev–Trinajstić information content (AvgIpc) is 3.00. The van der Waals surface area contributed by atoms with Crippen LogP contribution in [0.2, 0.25) is 0 Å². The SMILES string of the molecule is CC(C)(C)c1ccc(N(c2ccc(C(C)(C)C)cc2)c2ccccc2B2OC(C)(C)C(C)(C)O2)cc1. The van der Waals surface area contributed by atoms with Gasteiger partial charge in [-0.3, -0.25) is 0 Å². The van der Waals surface area contributed by atoms with Crippen LogP contribution >= 0.6 is 0 Å². The normalized spacial score (nSPS) is 17.3. The summed E-state index contributed by atoms with van der Waals surface area (Å²) in [5.74, 6) is 0. The summed E-state index contributed by atoms with van der Waals surface area (Å²) in [7, 11) is -0.448. The molecule has 3 aromatic rings. The second-order valence-corrected chi connectivity index (χ2v) is 13.1. The van der Waals surface area contributed by atoms with E-state index in [1.807, 2.05) is 0 Å². The molecule has 0 aliphatic carbocycles. The Bertz CT molecular complexity index is 1130. The monoisotopic (exact) mass is 483 g/mol. The fourth-order valence-corrected chi connectivity index (χ4v) is 4.51. The van der Waals surface area contributed by atoms with Crippen LogP contribution < -0.4 is 10.4 Å². The van der Waals surface area contributed by atoms with Crippen LogP contribution in [-0.4, -0.2) is 18.3 Å². The van der Waals surface area contributed by atoms with Gasteiger partial charge in [0, 0.05) is 22.5 Å². The van der Waals surface area contributed by atoms with Crippen LogP contribution in [0.3, 0.4) is 0 Å². The van der Waals surface area contributed by atoms with Gasteiger partial charge in [-0.2, -0.15) is 0 Å². The Morgan fingerprint density at radius 1 is 0.583 bits per heavy atom. The molecule has 1 fully saturated rings. The summed E-state index contributed by atoms with van der Waals surface area (Å²) >= 11 is 0. The third kappa shape index (κ3) is 5.12. The molecule has 3 aromatic carbocycles. The fourth-order valence-electron chi connectivity index (χ4n) is 4.51. The Morgan fingerprint density at radius 2 is 0.972 bits per heavy atom. The molecule has 0 aromatic heterocycles. The van der Waals surface area contributed by atoms with E-state index in [4.69, 9.17) is 9.31 Å². The molecule has 0 unspecified atom stereocenters. The molecular formula is C32H42BNO2. The minimum Gasteiger partial charge on any atom is -0.399 e. The van der Waals surface area contributed by atoms with E-state index in [9.17, 15) is 0 Å². The van der Waals surface area contributed by atoms with Crippen molar-refractivity contribution >= 4 is 29.6 Å². The lowest BCUT2D eigenvalue weighted by atomic mass is 9.77. The summed E-state index contributed by atoms with van der Waals surface area (Å²) in [4.78, 5) is 2.32. The van der Waals surface area contributed by atoms with E-state index in [0.29, 0.717) is 0 Å². The van der Waals surface area contributed by atoms with E-state index in [-0.39, 0.29) is 10.8 Å². The van der Waals surface area contributed by atoms with Crippen LogP contribution in [0, 0.1) is 0 Å². The van der Waals surface area contributed by atoms with Crippen molar-refractivity contribution in [1.82, 2.24) is 0 Å². The molecule has 1 aliphatic rings. The summed E-state index contributed by atoms with van der Waals surface area (Å²) in [6.07, 6.45) is 0. The van der Waals surface area contributed by atoms with E-state index >= 15 is 0 Å². The van der Waals surface area contributed by atoms with Gasteiger partial charge in [0.2, 0.25) is 0 Å². The maximum atomic E-state index is 6.49. The van der Waals surface area contributed by atoms with Gasteiger partial charge < -0.3 is 14.2 Å². The molecule has 190 valence electrons. The zero-order valence-corrected chi connectivity index (χ0v) is 23.8. The second kappa shape index (κ2) is 9.08. The van der Waals surface area contributed by atoms with Crippen LogP contribution in [0.1, 0.15) is 80.4 Å². The standard InChI is InChI=1S/C32H42BNO2/c1-29(2,3)23-15-19-25(20-16-23)34(26-21-17-24(18-22-26)30(4,5)6)28-14-12-11-13-27(28)33-35-31(7,8)32(9,10)36-33/h11-22H,1-10H3. The Kier molecular flexibility index (Phi) is 6.68. The van der Waals surface area contributed by atoms with Crippen LogP contribution in [0.4, 0.5) is 17.1 Å². The van der Waals surface area contributed by atoms with E-state index in [1.54, 1.807) is 0 Å². The van der Waals surface area contributed by atoms with Gasteiger partial charge in [-0.1, -0.05) is 84.0 Å². The molecule has 4 rings (SSSR count). The zero-order valence-electron chi connectivity index (χ0n) is 23.8. The fraction of sp³-hybridized carbons (Fsp3) is 0.438. The molecule has 4 heteroatoms. The highest BCUT2D eigenvalue weighted by Gasteiger charge is 2.52.